The molecule has 1 saturated heterocycles. The lowest BCUT2D eigenvalue weighted by Crippen LogP contribution is -3.14. The third-order valence-electron chi connectivity index (χ3n) is 4.95. The minimum atomic E-state index is -0.185. The summed E-state index contributed by atoms with van der Waals surface area (Å²) in [4.78, 5) is 14.5. The number of carbonyl (C=O) groups is 1. The standard InChI is InChI=1S/C21H26N2O2/c1-16-8-7-13-23(15-16)20(17-9-4-3-5-10-17)21(24)22-18-11-6-12-19(14-18)25-2/h3-6,9-12,14,16,20H,7-8,13,15H2,1-2H3,(H,22,24)/p+1/t16-,20-/m0/s1. The topological polar surface area (TPSA) is 42.8 Å². The number of quaternary nitrogens is 1. The summed E-state index contributed by atoms with van der Waals surface area (Å²) in [7, 11) is 1.63. The summed E-state index contributed by atoms with van der Waals surface area (Å²) < 4.78 is 5.26. The van der Waals surface area contributed by atoms with E-state index in [0.717, 1.165) is 30.1 Å². The van der Waals surface area contributed by atoms with Gasteiger partial charge in [0.1, 0.15) is 5.75 Å². The van der Waals surface area contributed by atoms with E-state index in [0.29, 0.717) is 5.92 Å². The molecule has 1 fully saturated rings. The van der Waals surface area contributed by atoms with Crippen LogP contribution in [0.15, 0.2) is 54.6 Å². The number of hydrogen-bond acceptors (Lipinski definition) is 2. The molecule has 132 valence electrons. The van der Waals surface area contributed by atoms with Crippen molar-refractivity contribution < 1.29 is 14.4 Å². The van der Waals surface area contributed by atoms with Gasteiger partial charge in [-0.2, -0.15) is 0 Å². The number of ether oxygens (including phenoxy) is 1. The van der Waals surface area contributed by atoms with Gasteiger partial charge in [-0.3, -0.25) is 4.79 Å². The number of benzene rings is 2. The molecule has 25 heavy (non-hydrogen) atoms. The van der Waals surface area contributed by atoms with Crippen molar-refractivity contribution in [3.05, 3.63) is 60.2 Å². The summed E-state index contributed by atoms with van der Waals surface area (Å²) in [5.74, 6) is 1.44. The number of likely N-dealkylation sites (tertiary alicyclic amines) is 1. The highest BCUT2D eigenvalue weighted by Gasteiger charge is 2.34. The van der Waals surface area contributed by atoms with Crippen molar-refractivity contribution in [3.8, 4) is 5.75 Å². The van der Waals surface area contributed by atoms with Gasteiger partial charge in [0.25, 0.3) is 5.91 Å². The molecule has 3 atom stereocenters. The molecule has 1 aliphatic rings. The fourth-order valence-electron chi connectivity index (χ4n) is 3.72. The van der Waals surface area contributed by atoms with E-state index in [2.05, 4.69) is 24.4 Å². The van der Waals surface area contributed by atoms with Gasteiger partial charge in [-0.1, -0.05) is 43.3 Å². The van der Waals surface area contributed by atoms with Gasteiger partial charge in [0.2, 0.25) is 0 Å². The second kappa shape index (κ2) is 8.17. The molecule has 1 unspecified atom stereocenters. The predicted molar refractivity (Wildman–Crippen MR) is 99.9 cm³/mol. The van der Waals surface area contributed by atoms with Crippen molar-refractivity contribution in [2.75, 3.05) is 25.5 Å². The Labute approximate surface area is 149 Å². The van der Waals surface area contributed by atoms with Gasteiger partial charge in [0.15, 0.2) is 6.04 Å². The van der Waals surface area contributed by atoms with Crippen molar-refractivity contribution in [2.45, 2.75) is 25.8 Å². The van der Waals surface area contributed by atoms with Crippen LogP contribution in [0.1, 0.15) is 31.4 Å². The van der Waals surface area contributed by atoms with Crippen LogP contribution in [-0.2, 0) is 4.79 Å². The number of piperidine rings is 1. The number of nitrogens with one attached hydrogen (secondary N) is 2. The molecular weight excluding hydrogens is 312 g/mol. The van der Waals surface area contributed by atoms with Crippen LogP contribution in [0.3, 0.4) is 0 Å². The van der Waals surface area contributed by atoms with Crippen molar-refractivity contribution in [1.29, 1.82) is 0 Å². The molecule has 0 spiro atoms. The monoisotopic (exact) mass is 339 g/mol. The molecule has 0 radical (unpaired) electrons. The first-order chi connectivity index (χ1) is 12.2. The Morgan fingerprint density at radius 2 is 2.00 bits per heavy atom. The van der Waals surface area contributed by atoms with Gasteiger partial charge in [0.05, 0.1) is 20.2 Å². The maximum absolute atomic E-state index is 13.1. The maximum Gasteiger partial charge on any atom is 0.287 e. The smallest absolute Gasteiger partial charge is 0.287 e. The Morgan fingerprint density at radius 1 is 1.20 bits per heavy atom. The number of carbonyl (C=O) groups excluding carboxylic acids is 1. The molecule has 2 aromatic carbocycles. The van der Waals surface area contributed by atoms with Gasteiger partial charge in [-0.15, -0.1) is 0 Å². The molecule has 4 nitrogen and oxygen atoms in total. The lowest BCUT2D eigenvalue weighted by molar-refractivity contribution is -0.929. The Kier molecular flexibility index (Phi) is 5.71. The van der Waals surface area contributed by atoms with Crippen LogP contribution in [0.5, 0.6) is 5.75 Å². The number of amides is 1. The molecule has 0 saturated carbocycles. The SMILES string of the molecule is COc1cccc(NC(=O)[C@H](c2ccccc2)[NH+]2CCC[C@H](C)C2)c1. The fraction of sp³-hybridized carbons (Fsp3) is 0.381. The lowest BCUT2D eigenvalue weighted by Gasteiger charge is -2.33. The van der Waals surface area contributed by atoms with Crippen LogP contribution < -0.4 is 15.0 Å². The second-order valence-electron chi connectivity index (χ2n) is 6.92. The molecule has 1 amide bonds. The first kappa shape index (κ1) is 17.5. The van der Waals surface area contributed by atoms with Crippen LogP contribution in [-0.4, -0.2) is 26.1 Å². The molecule has 2 N–H and O–H groups in total. The predicted octanol–water partition coefficient (Wildman–Crippen LogP) is 2.69. The summed E-state index contributed by atoms with van der Waals surface area (Å²) in [5, 5.41) is 3.09. The minimum Gasteiger partial charge on any atom is -0.497 e. The summed E-state index contributed by atoms with van der Waals surface area (Å²) in [6, 6.07) is 17.5. The van der Waals surface area contributed by atoms with E-state index in [1.807, 2.05) is 42.5 Å². The van der Waals surface area contributed by atoms with Gasteiger partial charge >= 0.3 is 0 Å². The van der Waals surface area contributed by atoms with Crippen molar-refractivity contribution in [3.63, 3.8) is 0 Å². The zero-order valence-electron chi connectivity index (χ0n) is 15.0. The molecule has 0 aliphatic carbocycles. The second-order valence-corrected chi connectivity index (χ2v) is 6.92. The highest BCUT2D eigenvalue weighted by molar-refractivity contribution is 5.94. The number of rotatable bonds is 5. The number of methoxy groups -OCH3 is 1. The molecule has 0 aromatic heterocycles. The summed E-state index contributed by atoms with van der Waals surface area (Å²) in [6.45, 7) is 4.35. The quantitative estimate of drug-likeness (QED) is 0.879. The molecule has 4 heteroatoms. The van der Waals surface area contributed by atoms with Crippen molar-refractivity contribution in [2.24, 2.45) is 5.92 Å². The average Bonchev–Trinajstić information content (AvgIpc) is 2.63. The van der Waals surface area contributed by atoms with Crippen LogP contribution in [0.25, 0.3) is 0 Å². The highest BCUT2D eigenvalue weighted by atomic mass is 16.5. The molecule has 0 bridgehead atoms. The van der Waals surface area contributed by atoms with E-state index in [4.69, 9.17) is 4.74 Å². The highest BCUT2D eigenvalue weighted by Crippen LogP contribution is 2.19. The fourth-order valence-corrected chi connectivity index (χ4v) is 3.72. The Balaban J connectivity index is 1.84. The van der Waals surface area contributed by atoms with Crippen LogP contribution in [0, 0.1) is 5.92 Å². The minimum absolute atomic E-state index is 0.0450. The van der Waals surface area contributed by atoms with E-state index in [1.54, 1.807) is 7.11 Å². The van der Waals surface area contributed by atoms with Crippen molar-refractivity contribution >= 4 is 11.6 Å². The third kappa shape index (κ3) is 4.40. The van der Waals surface area contributed by atoms with E-state index in [9.17, 15) is 4.79 Å². The van der Waals surface area contributed by atoms with Crippen LogP contribution >= 0.6 is 0 Å². The average molecular weight is 339 g/mol. The molecule has 3 rings (SSSR count). The van der Waals surface area contributed by atoms with Gasteiger partial charge in [0, 0.05) is 23.2 Å². The first-order valence-electron chi connectivity index (χ1n) is 9.02. The van der Waals surface area contributed by atoms with Gasteiger partial charge in [-0.25, -0.2) is 0 Å². The summed E-state index contributed by atoms with van der Waals surface area (Å²) in [6.07, 6.45) is 2.43. The van der Waals surface area contributed by atoms with Crippen LogP contribution in [0.2, 0.25) is 0 Å². The maximum atomic E-state index is 13.1. The summed E-state index contributed by atoms with van der Waals surface area (Å²) in [5.41, 5.74) is 1.85. The lowest BCUT2D eigenvalue weighted by atomic mass is 9.95. The first-order valence-corrected chi connectivity index (χ1v) is 9.02. The van der Waals surface area contributed by atoms with Crippen LogP contribution in [0.4, 0.5) is 5.69 Å². The van der Waals surface area contributed by atoms with E-state index >= 15 is 0 Å². The van der Waals surface area contributed by atoms with Gasteiger partial charge < -0.3 is 15.0 Å². The van der Waals surface area contributed by atoms with Crippen molar-refractivity contribution in [1.82, 2.24) is 0 Å². The molecule has 1 heterocycles. The third-order valence-corrected chi connectivity index (χ3v) is 4.95. The zero-order valence-corrected chi connectivity index (χ0v) is 15.0. The number of anilines is 1. The van der Waals surface area contributed by atoms with E-state index < -0.39 is 0 Å². The Hall–Kier alpha value is -2.33. The molecule has 2 aromatic rings. The Bertz CT molecular complexity index is 702. The van der Waals surface area contributed by atoms with E-state index in [1.165, 1.54) is 17.7 Å². The van der Waals surface area contributed by atoms with E-state index in [-0.39, 0.29) is 11.9 Å². The largest absolute Gasteiger partial charge is 0.497 e. The normalized spacial score (nSPS) is 21.4. The molecule has 1 aliphatic heterocycles. The molecular formula is C21H27N2O2+. The van der Waals surface area contributed by atoms with Gasteiger partial charge in [-0.05, 0) is 25.0 Å². The number of hydrogen-bond donors (Lipinski definition) is 2. The Morgan fingerprint density at radius 3 is 2.72 bits per heavy atom. The zero-order chi connectivity index (χ0) is 17.6. The summed E-state index contributed by atoms with van der Waals surface area (Å²) >= 11 is 0.